The molecule has 0 saturated heterocycles. The Morgan fingerprint density at radius 1 is 1.12 bits per heavy atom. The summed E-state index contributed by atoms with van der Waals surface area (Å²) >= 11 is 0. The van der Waals surface area contributed by atoms with Crippen molar-refractivity contribution >= 4 is 11.8 Å². The van der Waals surface area contributed by atoms with Crippen molar-refractivity contribution < 1.29 is 9.59 Å². The lowest BCUT2D eigenvalue weighted by Crippen LogP contribution is -2.41. The Hall–Kier alpha value is -2.70. The van der Waals surface area contributed by atoms with Crippen molar-refractivity contribution in [2.75, 3.05) is 0 Å². The van der Waals surface area contributed by atoms with Gasteiger partial charge in [-0.1, -0.05) is 5.21 Å². The molecule has 0 radical (unpaired) electrons. The van der Waals surface area contributed by atoms with E-state index in [9.17, 15) is 9.59 Å². The summed E-state index contributed by atoms with van der Waals surface area (Å²) in [5, 5.41) is 13.8. The smallest absolute Gasteiger partial charge is 0.252 e. The van der Waals surface area contributed by atoms with Gasteiger partial charge in [-0.15, -0.1) is 5.10 Å². The Bertz CT molecular complexity index is 760. The summed E-state index contributed by atoms with van der Waals surface area (Å²) < 4.78 is 1.59. The van der Waals surface area contributed by atoms with E-state index >= 15 is 0 Å². The monoisotopic (exact) mass is 327 g/mol. The zero-order valence-corrected chi connectivity index (χ0v) is 14.0. The molecule has 1 aromatic carbocycles. The maximum Gasteiger partial charge on any atom is 0.252 e. The second-order valence-electron chi connectivity index (χ2n) is 6.68. The van der Waals surface area contributed by atoms with Crippen molar-refractivity contribution in [3.8, 4) is 0 Å². The highest BCUT2D eigenvalue weighted by Gasteiger charge is 2.27. The molecule has 7 heteroatoms. The molecular formula is C17H21N5O2. The third kappa shape index (κ3) is 3.61. The second kappa shape index (κ2) is 6.07. The number of nitrogens with zero attached hydrogens (tertiary/aromatic N) is 3. The fourth-order valence-corrected chi connectivity index (χ4v) is 2.32. The molecule has 0 atom stereocenters. The van der Waals surface area contributed by atoms with Crippen LogP contribution in [0.15, 0.2) is 30.5 Å². The van der Waals surface area contributed by atoms with Crippen LogP contribution in [-0.4, -0.2) is 32.9 Å². The number of carbonyl (C=O) groups is 2. The SMILES string of the molecule is Cn1cc(C(C)(C)NC(=O)c2ccc(C(=O)NC3CC3)cc2)nn1. The lowest BCUT2D eigenvalue weighted by molar-refractivity contribution is 0.0906. The molecule has 7 nitrogen and oxygen atoms in total. The first-order valence-electron chi connectivity index (χ1n) is 7.95. The maximum atomic E-state index is 12.4. The van der Waals surface area contributed by atoms with Crippen molar-refractivity contribution in [3.63, 3.8) is 0 Å². The molecule has 1 fully saturated rings. The van der Waals surface area contributed by atoms with E-state index < -0.39 is 5.54 Å². The summed E-state index contributed by atoms with van der Waals surface area (Å²) in [7, 11) is 1.78. The molecule has 0 unspecified atom stereocenters. The largest absolute Gasteiger partial charge is 0.349 e. The highest BCUT2D eigenvalue weighted by molar-refractivity contribution is 5.98. The van der Waals surface area contributed by atoms with Gasteiger partial charge in [0.1, 0.15) is 5.69 Å². The van der Waals surface area contributed by atoms with Gasteiger partial charge in [-0.25, -0.2) is 0 Å². The Labute approximate surface area is 140 Å². The van der Waals surface area contributed by atoms with Gasteiger partial charge in [0, 0.05) is 24.2 Å². The minimum absolute atomic E-state index is 0.0932. The number of amides is 2. The van der Waals surface area contributed by atoms with Gasteiger partial charge >= 0.3 is 0 Å². The van der Waals surface area contributed by atoms with Crippen LogP contribution in [0.25, 0.3) is 0 Å². The van der Waals surface area contributed by atoms with Gasteiger partial charge in [-0.05, 0) is 51.0 Å². The Morgan fingerprint density at radius 2 is 1.71 bits per heavy atom. The van der Waals surface area contributed by atoms with E-state index in [0.717, 1.165) is 12.8 Å². The molecular weight excluding hydrogens is 306 g/mol. The highest BCUT2D eigenvalue weighted by atomic mass is 16.2. The van der Waals surface area contributed by atoms with Crippen molar-refractivity contribution in [1.82, 2.24) is 25.6 Å². The van der Waals surface area contributed by atoms with Crippen LogP contribution in [0.4, 0.5) is 0 Å². The first kappa shape index (κ1) is 16.2. The van der Waals surface area contributed by atoms with Gasteiger partial charge < -0.3 is 10.6 Å². The van der Waals surface area contributed by atoms with E-state index in [1.54, 1.807) is 42.2 Å². The first-order chi connectivity index (χ1) is 11.3. The van der Waals surface area contributed by atoms with Gasteiger partial charge in [-0.3, -0.25) is 14.3 Å². The predicted octanol–water partition coefficient (Wildman–Crippen LogP) is 1.37. The van der Waals surface area contributed by atoms with Crippen LogP contribution in [0, 0.1) is 0 Å². The van der Waals surface area contributed by atoms with Crippen LogP contribution in [0.5, 0.6) is 0 Å². The molecule has 0 bridgehead atoms. The summed E-state index contributed by atoms with van der Waals surface area (Å²) in [6, 6.07) is 6.96. The number of rotatable bonds is 5. The van der Waals surface area contributed by atoms with Gasteiger partial charge in [-0.2, -0.15) is 0 Å². The van der Waals surface area contributed by atoms with Crippen molar-refractivity contribution in [2.45, 2.75) is 38.3 Å². The zero-order valence-electron chi connectivity index (χ0n) is 14.0. The van der Waals surface area contributed by atoms with E-state index in [1.165, 1.54) is 0 Å². The molecule has 2 aromatic rings. The molecule has 24 heavy (non-hydrogen) atoms. The van der Waals surface area contributed by atoms with Gasteiger partial charge in [0.2, 0.25) is 0 Å². The first-order valence-corrected chi connectivity index (χ1v) is 7.95. The zero-order chi connectivity index (χ0) is 17.3. The van der Waals surface area contributed by atoms with Crippen LogP contribution < -0.4 is 10.6 Å². The number of nitrogens with one attached hydrogen (secondary N) is 2. The Kier molecular flexibility index (Phi) is 4.09. The highest BCUT2D eigenvalue weighted by Crippen LogP contribution is 2.20. The molecule has 1 aliphatic rings. The fourth-order valence-electron chi connectivity index (χ4n) is 2.32. The summed E-state index contributed by atoms with van der Waals surface area (Å²) in [6.07, 6.45) is 3.86. The van der Waals surface area contributed by atoms with Crippen LogP contribution >= 0.6 is 0 Å². The summed E-state index contributed by atoms with van der Waals surface area (Å²) in [5.74, 6) is -0.316. The second-order valence-corrected chi connectivity index (χ2v) is 6.68. The normalized spacial score (nSPS) is 14.3. The summed E-state index contributed by atoms with van der Waals surface area (Å²) in [5.41, 5.74) is 1.09. The average molecular weight is 327 g/mol. The fraction of sp³-hybridized carbons (Fsp3) is 0.412. The van der Waals surface area contributed by atoms with Crippen molar-refractivity contribution in [2.24, 2.45) is 7.05 Å². The number of hydrogen-bond donors (Lipinski definition) is 2. The summed E-state index contributed by atoms with van der Waals surface area (Å²) in [4.78, 5) is 24.4. The van der Waals surface area contributed by atoms with E-state index in [0.29, 0.717) is 22.9 Å². The molecule has 1 aliphatic carbocycles. The molecule has 1 saturated carbocycles. The van der Waals surface area contributed by atoms with E-state index in [1.807, 2.05) is 13.8 Å². The molecule has 126 valence electrons. The molecule has 1 aromatic heterocycles. The number of aromatic nitrogens is 3. The van der Waals surface area contributed by atoms with Gasteiger partial charge in [0.25, 0.3) is 11.8 Å². The molecule has 2 amide bonds. The van der Waals surface area contributed by atoms with E-state index in [-0.39, 0.29) is 11.8 Å². The van der Waals surface area contributed by atoms with Crippen molar-refractivity contribution in [3.05, 3.63) is 47.3 Å². The van der Waals surface area contributed by atoms with Crippen molar-refractivity contribution in [1.29, 1.82) is 0 Å². The number of aryl methyl sites for hydroxylation is 1. The minimum Gasteiger partial charge on any atom is -0.349 e. The lowest BCUT2D eigenvalue weighted by Gasteiger charge is -2.23. The quantitative estimate of drug-likeness (QED) is 0.868. The standard InChI is InChI=1S/C17H21N5O2/c1-17(2,14-10-22(3)21-20-14)19-16(24)12-6-4-11(5-7-12)15(23)18-13-8-9-13/h4-7,10,13H,8-9H2,1-3H3,(H,18,23)(H,19,24). The molecule has 0 aliphatic heterocycles. The molecule has 3 rings (SSSR count). The lowest BCUT2D eigenvalue weighted by atomic mass is 10.0. The van der Waals surface area contributed by atoms with Crippen LogP contribution in [0.2, 0.25) is 0 Å². The predicted molar refractivity (Wildman–Crippen MR) is 88.4 cm³/mol. The molecule has 1 heterocycles. The number of hydrogen-bond acceptors (Lipinski definition) is 4. The van der Waals surface area contributed by atoms with Gasteiger partial charge in [0.15, 0.2) is 0 Å². The number of benzene rings is 1. The molecule has 0 spiro atoms. The molecule has 2 N–H and O–H groups in total. The third-order valence-electron chi connectivity index (χ3n) is 3.99. The topological polar surface area (TPSA) is 88.9 Å². The van der Waals surface area contributed by atoms with E-state index in [2.05, 4.69) is 20.9 Å². The minimum atomic E-state index is -0.645. The Balaban J connectivity index is 1.67. The number of carbonyl (C=O) groups excluding carboxylic acids is 2. The van der Waals surface area contributed by atoms with Crippen LogP contribution in [0.3, 0.4) is 0 Å². The van der Waals surface area contributed by atoms with Gasteiger partial charge in [0.05, 0.1) is 11.7 Å². The Morgan fingerprint density at radius 3 is 2.21 bits per heavy atom. The van der Waals surface area contributed by atoms with Crippen LogP contribution in [0.1, 0.15) is 53.1 Å². The average Bonchev–Trinajstić information content (AvgIpc) is 3.24. The maximum absolute atomic E-state index is 12.4. The van der Waals surface area contributed by atoms with Crippen LogP contribution in [-0.2, 0) is 12.6 Å². The summed E-state index contributed by atoms with van der Waals surface area (Å²) in [6.45, 7) is 3.73. The van der Waals surface area contributed by atoms with E-state index in [4.69, 9.17) is 0 Å². The third-order valence-corrected chi connectivity index (χ3v) is 3.99.